The fraction of sp³-hybridized carbons (Fsp3) is 0.391. The number of fused-ring (bicyclic) bond motifs is 1. The normalized spacial score (nSPS) is 20.2. The minimum atomic E-state index is -0.507. The van der Waals surface area contributed by atoms with Crippen LogP contribution in [0.4, 0.5) is 4.39 Å². The van der Waals surface area contributed by atoms with Gasteiger partial charge in [0.25, 0.3) is 5.56 Å². The van der Waals surface area contributed by atoms with Crippen molar-refractivity contribution in [1.82, 2.24) is 19.9 Å². The Labute approximate surface area is 174 Å². The molecule has 3 heterocycles. The Kier molecular flexibility index (Phi) is 5.23. The van der Waals surface area contributed by atoms with Gasteiger partial charge in [0.15, 0.2) is 0 Å². The average Bonchev–Trinajstić information content (AvgIpc) is 3.30. The van der Waals surface area contributed by atoms with Crippen molar-refractivity contribution < 1.29 is 4.39 Å². The summed E-state index contributed by atoms with van der Waals surface area (Å²) in [6.07, 6.45) is 1.98. The van der Waals surface area contributed by atoms with Crippen molar-refractivity contribution in [2.45, 2.75) is 25.4 Å². The van der Waals surface area contributed by atoms with Gasteiger partial charge in [-0.25, -0.2) is 14.1 Å². The Bertz CT molecular complexity index is 1090. The van der Waals surface area contributed by atoms with E-state index in [1.165, 1.54) is 11.6 Å². The molecule has 0 radical (unpaired) electrons. The molecule has 156 valence electrons. The van der Waals surface area contributed by atoms with Crippen LogP contribution in [0.25, 0.3) is 10.9 Å². The summed E-state index contributed by atoms with van der Waals surface area (Å²) in [7, 11) is 0. The molecule has 0 saturated carbocycles. The van der Waals surface area contributed by atoms with Gasteiger partial charge in [-0.15, -0.1) is 0 Å². The third-order valence-electron chi connectivity index (χ3n) is 6.10. The van der Waals surface area contributed by atoms with Gasteiger partial charge in [-0.3, -0.25) is 9.69 Å². The Morgan fingerprint density at radius 1 is 1.03 bits per heavy atom. The highest BCUT2D eigenvalue weighted by molar-refractivity contribution is 5.78. The summed E-state index contributed by atoms with van der Waals surface area (Å²) in [5.74, 6) is 0.194. The van der Waals surface area contributed by atoms with E-state index in [9.17, 15) is 9.18 Å². The van der Waals surface area contributed by atoms with Gasteiger partial charge in [0.05, 0.1) is 11.6 Å². The highest BCUT2D eigenvalue weighted by Gasteiger charge is 2.28. The van der Waals surface area contributed by atoms with Crippen molar-refractivity contribution in [1.29, 1.82) is 0 Å². The first-order valence-electron chi connectivity index (χ1n) is 10.7. The number of hydrogen-bond acceptors (Lipinski definition) is 5. The molecular formula is C23H26FN5O. The minimum Gasteiger partial charge on any atom is -0.307 e. The predicted octanol–water partition coefficient (Wildman–Crippen LogP) is 2.41. The van der Waals surface area contributed by atoms with E-state index in [-0.39, 0.29) is 17.0 Å². The topological polar surface area (TPSA) is 53.4 Å². The molecule has 2 saturated heterocycles. The number of piperazine rings is 1. The van der Waals surface area contributed by atoms with Crippen molar-refractivity contribution in [3.8, 4) is 0 Å². The highest BCUT2D eigenvalue weighted by Crippen LogP contribution is 2.23. The van der Waals surface area contributed by atoms with Gasteiger partial charge in [0.2, 0.25) is 0 Å². The van der Waals surface area contributed by atoms with Crippen molar-refractivity contribution in [3.05, 3.63) is 76.1 Å². The summed E-state index contributed by atoms with van der Waals surface area (Å²) in [6.45, 7) is 4.89. The largest absolute Gasteiger partial charge is 0.307 e. The maximum absolute atomic E-state index is 14.5. The predicted molar refractivity (Wildman–Crippen MR) is 116 cm³/mol. The molecule has 0 unspecified atom stereocenters. The fourth-order valence-electron chi connectivity index (χ4n) is 4.54. The summed E-state index contributed by atoms with van der Waals surface area (Å²) < 4.78 is 16.2. The highest BCUT2D eigenvalue weighted by atomic mass is 19.1. The molecule has 1 aromatic heterocycles. The SMILES string of the molecule is O=c1c2c(F)cccc2nc([C@H]2CCCN2)n1N1CCN(Cc2ccccc2)CC1. The summed E-state index contributed by atoms with van der Waals surface area (Å²) in [5, 5.41) is 5.56. The van der Waals surface area contributed by atoms with Crippen LogP contribution in [0.15, 0.2) is 53.3 Å². The molecule has 2 aliphatic rings. The number of nitrogens with one attached hydrogen (secondary N) is 1. The maximum atomic E-state index is 14.5. The molecule has 3 aromatic rings. The molecule has 5 rings (SSSR count). The number of hydrogen-bond donors (Lipinski definition) is 1. The molecule has 2 fully saturated rings. The smallest absolute Gasteiger partial charge is 0.283 e. The first-order valence-corrected chi connectivity index (χ1v) is 10.7. The van der Waals surface area contributed by atoms with Crippen LogP contribution in [0.2, 0.25) is 0 Å². The zero-order chi connectivity index (χ0) is 20.5. The lowest BCUT2D eigenvalue weighted by Crippen LogP contribution is -2.55. The van der Waals surface area contributed by atoms with Crippen LogP contribution < -0.4 is 15.9 Å². The van der Waals surface area contributed by atoms with Crippen LogP contribution in [-0.4, -0.2) is 47.3 Å². The molecule has 2 aromatic carbocycles. The van der Waals surface area contributed by atoms with E-state index in [2.05, 4.69) is 34.5 Å². The molecule has 0 spiro atoms. The van der Waals surface area contributed by atoms with Gasteiger partial charge in [0.1, 0.15) is 17.0 Å². The maximum Gasteiger partial charge on any atom is 0.283 e. The van der Waals surface area contributed by atoms with Gasteiger partial charge < -0.3 is 10.3 Å². The lowest BCUT2D eigenvalue weighted by Gasteiger charge is -2.38. The fourth-order valence-corrected chi connectivity index (χ4v) is 4.54. The van der Waals surface area contributed by atoms with Crippen LogP contribution in [0.1, 0.15) is 30.3 Å². The second kappa shape index (κ2) is 8.16. The van der Waals surface area contributed by atoms with Gasteiger partial charge in [-0.2, -0.15) is 0 Å². The number of benzene rings is 2. The second-order valence-electron chi connectivity index (χ2n) is 8.09. The van der Waals surface area contributed by atoms with E-state index in [1.54, 1.807) is 16.8 Å². The lowest BCUT2D eigenvalue weighted by atomic mass is 10.2. The Morgan fingerprint density at radius 3 is 2.57 bits per heavy atom. The van der Waals surface area contributed by atoms with Crippen molar-refractivity contribution in [2.75, 3.05) is 37.7 Å². The van der Waals surface area contributed by atoms with E-state index >= 15 is 0 Å². The van der Waals surface area contributed by atoms with Crippen molar-refractivity contribution >= 4 is 10.9 Å². The van der Waals surface area contributed by atoms with Gasteiger partial charge in [-0.05, 0) is 37.1 Å². The number of rotatable bonds is 4. The van der Waals surface area contributed by atoms with Crippen molar-refractivity contribution in [3.63, 3.8) is 0 Å². The molecular weight excluding hydrogens is 381 g/mol. The van der Waals surface area contributed by atoms with E-state index in [1.807, 2.05) is 11.1 Å². The van der Waals surface area contributed by atoms with Gasteiger partial charge >= 0.3 is 0 Å². The molecule has 0 amide bonds. The van der Waals surface area contributed by atoms with E-state index in [0.29, 0.717) is 24.4 Å². The lowest BCUT2D eigenvalue weighted by molar-refractivity contribution is 0.228. The zero-order valence-corrected chi connectivity index (χ0v) is 16.9. The molecule has 1 atom stereocenters. The van der Waals surface area contributed by atoms with Crippen molar-refractivity contribution in [2.24, 2.45) is 0 Å². The monoisotopic (exact) mass is 407 g/mol. The van der Waals surface area contributed by atoms with Crippen LogP contribution in [0.5, 0.6) is 0 Å². The third kappa shape index (κ3) is 3.59. The Morgan fingerprint density at radius 2 is 1.83 bits per heavy atom. The Hall–Kier alpha value is -2.77. The molecule has 1 N–H and O–H groups in total. The van der Waals surface area contributed by atoms with Crippen LogP contribution in [0, 0.1) is 5.82 Å². The standard InChI is InChI=1S/C23H26FN5O/c24-18-8-4-9-19-21(18)23(30)29(22(26-19)20-10-5-11-25-20)28-14-12-27(13-15-28)16-17-6-2-1-3-7-17/h1-4,6-9,20,25H,5,10-16H2/t20-/m1/s1. The van der Waals surface area contributed by atoms with E-state index in [0.717, 1.165) is 39.0 Å². The van der Waals surface area contributed by atoms with Gasteiger partial charge in [-0.1, -0.05) is 36.4 Å². The van der Waals surface area contributed by atoms with E-state index in [4.69, 9.17) is 4.98 Å². The van der Waals surface area contributed by atoms with Gasteiger partial charge in [0, 0.05) is 32.7 Å². The van der Waals surface area contributed by atoms with E-state index < -0.39 is 5.82 Å². The molecule has 2 aliphatic heterocycles. The minimum absolute atomic E-state index is 0.0210. The first-order chi connectivity index (χ1) is 14.7. The number of halogens is 1. The molecule has 0 bridgehead atoms. The Balaban J connectivity index is 1.46. The van der Waals surface area contributed by atoms with Crippen LogP contribution >= 0.6 is 0 Å². The quantitative estimate of drug-likeness (QED) is 0.720. The summed E-state index contributed by atoms with van der Waals surface area (Å²) in [5.41, 5.74) is 1.41. The van der Waals surface area contributed by atoms with Crippen LogP contribution in [-0.2, 0) is 6.54 Å². The summed E-state index contributed by atoms with van der Waals surface area (Å²) in [6, 6.07) is 15.1. The molecule has 0 aliphatic carbocycles. The second-order valence-corrected chi connectivity index (χ2v) is 8.09. The van der Waals surface area contributed by atoms with Crippen LogP contribution in [0.3, 0.4) is 0 Å². The average molecular weight is 407 g/mol. The molecule has 30 heavy (non-hydrogen) atoms. The summed E-state index contributed by atoms with van der Waals surface area (Å²) >= 11 is 0. The number of nitrogens with zero attached hydrogens (tertiary/aromatic N) is 4. The first kappa shape index (κ1) is 19.2. The third-order valence-corrected chi connectivity index (χ3v) is 6.10. The molecule has 6 nitrogen and oxygen atoms in total. The number of aromatic nitrogens is 2. The zero-order valence-electron chi connectivity index (χ0n) is 16.9. The molecule has 7 heteroatoms. The summed E-state index contributed by atoms with van der Waals surface area (Å²) in [4.78, 5) is 20.5.